The summed E-state index contributed by atoms with van der Waals surface area (Å²) in [6.07, 6.45) is 0. The first kappa shape index (κ1) is 24.2. The van der Waals surface area contributed by atoms with Gasteiger partial charge in [0.1, 0.15) is 6.54 Å². The van der Waals surface area contributed by atoms with Gasteiger partial charge in [0.2, 0.25) is 5.91 Å². The lowest BCUT2D eigenvalue weighted by atomic mass is 10.0. The predicted octanol–water partition coefficient (Wildman–Crippen LogP) is 6.11. The molecule has 4 aromatic carbocycles. The van der Waals surface area contributed by atoms with Gasteiger partial charge >= 0.3 is 0 Å². The summed E-state index contributed by atoms with van der Waals surface area (Å²) in [4.78, 5) is 13.4. The fourth-order valence-corrected chi connectivity index (χ4v) is 5.40. The van der Waals surface area contributed by atoms with Crippen LogP contribution in [0.4, 0.5) is 11.4 Å². The molecule has 0 saturated heterocycles. The number of amides is 1. The molecule has 0 aliphatic heterocycles. The van der Waals surface area contributed by atoms with Crippen LogP contribution in [0.1, 0.15) is 16.7 Å². The lowest BCUT2D eigenvalue weighted by molar-refractivity contribution is -0.114. The van der Waals surface area contributed by atoms with Crippen molar-refractivity contribution in [2.45, 2.75) is 25.7 Å². The number of nitrogens with zero attached hydrogens (tertiary/aromatic N) is 1. The van der Waals surface area contributed by atoms with Crippen LogP contribution < -0.4 is 9.62 Å². The average Bonchev–Trinajstić information content (AvgIpc) is 2.85. The minimum Gasteiger partial charge on any atom is -0.324 e. The summed E-state index contributed by atoms with van der Waals surface area (Å²) in [6, 6.07) is 29.3. The molecule has 0 spiro atoms. The molecular weight excluding hydrogens is 456 g/mol. The molecule has 0 bridgehead atoms. The quantitative estimate of drug-likeness (QED) is 0.344. The number of anilines is 2. The number of para-hydroxylation sites is 1. The van der Waals surface area contributed by atoms with Crippen LogP contribution in [0.2, 0.25) is 0 Å². The summed E-state index contributed by atoms with van der Waals surface area (Å²) >= 11 is 0. The highest BCUT2D eigenvalue weighted by Crippen LogP contribution is 2.30. The van der Waals surface area contributed by atoms with E-state index in [1.807, 2.05) is 81.4 Å². The van der Waals surface area contributed by atoms with Crippen LogP contribution in [0, 0.1) is 20.8 Å². The SMILES string of the molecule is Cc1ccc(S(=O)(=O)N(CC(=O)Nc2ccccc2-c2ccccc2)c2cccc(C)c2C)cc1. The zero-order valence-electron chi connectivity index (χ0n) is 20.0. The highest BCUT2D eigenvalue weighted by Gasteiger charge is 2.28. The maximum absolute atomic E-state index is 13.7. The maximum Gasteiger partial charge on any atom is 0.264 e. The van der Waals surface area contributed by atoms with E-state index in [2.05, 4.69) is 5.32 Å². The number of benzene rings is 4. The number of hydrogen-bond acceptors (Lipinski definition) is 3. The van der Waals surface area contributed by atoms with Crippen LogP contribution >= 0.6 is 0 Å². The lowest BCUT2D eigenvalue weighted by Crippen LogP contribution is -2.38. The summed E-state index contributed by atoms with van der Waals surface area (Å²) in [5.74, 6) is -0.426. The van der Waals surface area contributed by atoms with Crippen LogP contribution in [0.15, 0.2) is 102 Å². The number of carbonyl (C=O) groups excluding carboxylic acids is 1. The number of nitrogens with one attached hydrogen (secondary N) is 1. The van der Waals surface area contributed by atoms with Crippen molar-refractivity contribution in [2.24, 2.45) is 0 Å². The Balaban J connectivity index is 1.70. The van der Waals surface area contributed by atoms with E-state index in [4.69, 9.17) is 0 Å². The van der Waals surface area contributed by atoms with E-state index in [0.717, 1.165) is 27.8 Å². The topological polar surface area (TPSA) is 66.5 Å². The molecule has 0 heterocycles. The van der Waals surface area contributed by atoms with E-state index in [0.29, 0.717) is 11.4 Å². The van der Waals surface area contributed by atoms with Gasteiger partial charge in [0.05, 0.1) is 10.6 Å². The molecule has 35 heavy (non-hydrogen) atoms. The van der Waals surface area contributed by atoms with E-state index in [1.165, 1.54) is 4.31 Å². The van der Waals surface area contributed by atoms with E-state index in [-0.39, 0.29) is 11.4 Å². The van der Waals surface area contributed by atoms with Gasteiger partial charge in [0, 0.05) is 11.3 Å². The van der Waals surface area contributed by atoms with Crippen molar-refractivity contribution in [3.05, 3.63) is 114 Å². The summed E-state index contributed by atoms with van der Waals surface area (Å²) in [7, 11) is -3.99. The molecule has 0 radical (unpaired) electrons. The summed E-state index contributed by atoms with van der Waals surface area (Å²) in [6.45, 7) is 5.33. The normalized spacial score (nSPS) is 11.2. The van der Waals surface area contributed by atoms with Crippen molar-refractivity contribution in [1.29, 1.82) is 0 Å². The molecule has 0 fully saturated rings. The molecule has 5 nitrogen and oxygen atoms in total. The second-order valence-electron chi connectivity index (χ2n) is 8.50. The third kappa shape index (κ3) is 5.28. The molecule has 0 unspecified atom stereocenters. The van der Waals surface area contributed by atoms with E-state index < -0.39 is 15.9 Å². The summed E-state index contributed by atoms with van der Waals surface area (Å²) in [5.41, 5.74) is 5.64. The van der Waals surface area contributed by atoms with E-state index in [9.17, 15) is 13.2 Å². The highest BCUT2D eigenvalue weighted by molar-refractivity contribution is 7.92. The number of rotatable bonds is 7. The molecule has 0 aromatic heterocycles. The zero-order chi connectivity index (χ0) is 25.0. The molecular formula is C29H28N2O3S. The van der Waals surface area contributed by atoms with Crippen molar-refractivity contribution < 1.29 is 13.2 Å². The first-order valence-electron chi connectivity index (χ1n) is 11.4. The van der Waals surface area contributed by atoms with Crippen LogP contribution in [-0.4, -0.2) is 20.9 Å². The first-order chi connectivity index (χ1) is 16.8. The van der Waals surface area contributed by atoms with Crippen molar-refractivity contribution >= 4 is 27.3 Å². The fraction of sp³-hybridized carbons (Fsp3) is 0.138. The van der Waals surface area contributed by atoms with Crippen molar-refractivity contribution in [1.82, 2.24) is 0 Å². The van der Waals surface area contributed by atoms with Crippen molar-refractivity contribution in [2.75, 3.05) is 16.2 Å². The monoisotopic (exact) mass is 484 g/mol. The smallest absolute Gasteiger partial charge is 0.264 e. The molecule has 0 atom stereocenters. The van der Waals surface area contributed by atoms with Gasteiger partial charge in [-0.3, -0.25) is 9.10 Å². The second kappa shape index (κ2) is 10.2. The highest BCUT2D eigenvalue weighted by atomic mass is 32.2. The Morgan fingerprint density at radius 3 is 2.14 bits per heavy atom. The second-order valence-corrected chi connectivity index (χ2v) is 10.4. The van der Waals surface area contributed by atoms with Gasteiger partial charge in [-0.15, -0.1) is 0 Å². The number of hydrogen-bond donors (Lipinski definition) is 1. The van der Waals surface area contributed by atoms with Gasteiger partial charge in [-0.05, 0) is 61.7 Å². The van der Waals surface area contributed by atoms with Crippen LogP contribution in [0.25, 0.3) is 11.1 Å². The minimum atomic E-state index is -3.99. The Hall–Kier alpha value is -3.90. The minimum absolute atomic E-state index is 0.140. The molecule has 0 aliphatic rings. The van der Waals surface area contributed by atoms with Gasteiger partial charge < -0.3 is 5.32 Å². The Labute approximate surface area is 207 Å². The standard InChI is InChI=1S/C29H28N2O3S/c1-21-16-18-25(19-17-21)35(33,34)31(28-15-9-10-22(2)23(28)3)20-29(32)30-27-14-8-7-13-26(27)24-11-5-4-6-12-24/h4-19H,20H2,1-3H3,(H,30,32). The largest absolute Gasteiger partial charge is 0.324 e. The molecule has 0 aliphatic carbocycles. The third-order valence-corrected chi connectivity index (χ3v) is 7.80. The summed E-state index contributed by atoms with van der Waals surface area (Å²) in [5, 5.41) is 2.93. The first-order valence-corrected chi connectivity index (χ1v) is 12.8. The third-order valence-electron chi connectivity index (χ3n) is 6.03. The summed E-state index contributed by atoms with van der Waals surface area (Å²) < 4.78 is 28.7. The van der Waals surface area contributed by atoms with E-state index >= 15 is 0 Å². The lowest BCUT2D eigenvalue weighted by Gasteiger charge is -2.26. The number of carbonyl (C=O) groups is 1. The molecule has 4 aromatic rings. The van der Waals surface area contributed by atoms with E-state index in [1.54, 1.807) is 36.4 Å². The van der Waals surface area contributed by atoms with Gasteiger partial charge in [-0.2, -0.15) is 0 Å². The Morgan fingerprint density at radius 1 is 0.771 bits per heavy atom. The molecule has 1 N–H and O–H groups in total. The van der Waals surface area contributed by atoms with Gasteiger partial charge in [0.15, 0.2) is 0 Å². The molecule has 4 rings (SSSR count). The molecule has 0 saturated carbocycles. The van der Waals surface area contributed by atoms with Gasteiger partial charge in [-0.1, -0.05) is 78.4 Å². The average molecular weight is 485 g/mol. The van der Waals surface area contributed by atoms with Crippen molar-refractivity contribution in [3.63, 3.8) is 0 Å². The Kier molecular flexibility index (Phi) is 7.03. The zero-order valence-corrected chi connectivity index (χ0v) is 20.8. The predicted molar refractivity (Wildman–Crippen MR) is 142 cm³/mol. The molecule has 178 valence electrons. The van der Waals surface area contributed by atoms with Crippen LogP contribution in [0.3, 0.4) is 0 Å². The maximum atomic E-state index is 13.7. The number of sulfonamides is 1. The Morgan fingerprint density at radius 2 is 1.43 bits per heavy atom. The molecule has 1 amide bonds. The van der Waals surface area contributed by atoms with Crippen LogP contribution in [0.5, 0.6) is 0 Å². The van der Waals surface area contributed by atoms with Gasteiger partial charge in [0.25, 0.3) is 10.0 Å². The Bertz CT molecular complexity index is 1450. The van der Waals surface area contributed by atoms with Gasteiger partial charge in [-0.25, -0.2) is 8.42 Å². The van der Waals surface area contributed by atoms with Crippen LogP contribution in [-0.2, 0) is 14.8 Å². The van der Waals surface area contributed by atoms with Crippen molar-refractivity contribution in [3.8, 4) is 11.1 Å². The fourth-order valence-electron chi connectivity index (χ4n) is 3.92. The molecule has 6 heteroatoms. The number of aryl methyl sites for hydroxylation is 2.